The van der Waals surface area contributed by atoms with Gasteiger partial charge in [-0.1, -0.05) is 30.6 Å². The zero-order chi connectivity index (χ0) is 13.8. The normalized spacial score (nSPS) is 11.2. The van der Waals surface area contributed by atoms with Crippen molar-refractivity contribution in [3.8, 4) is 11.5 Å². The highest BCUT2D eigenvalue weighted by Gasteiger charge is 2.12. The third-order valence-electron chi connectivity index (χ3n) is 2.39. The fourth-order valence-electron chi connectivity index (χ4n) is 1.54. The molecule has 1 aromatic heterocycles. The fourth-order valence-corrected chi connectivity index (χ4v) is 2.61. The lowest BCUT2D eigenvalue weighted by Crippen LogP contribution is -1.93. The molecule has 0 unspecified atom stereocenters. The number of hydrogen-bond donors (Lipinski definition) is 1. The predicted octanol–water partition coefficient (Wildman–Crippen LogP) is 3.86. The fraction of sp³-hybridized carbons (Fsp3) is 0.385. The number of rotatable bonds is 5. The molecule has 6 heteroatoms. The summed E-state index contributed by atoms with van der Waals surface area (Å²) in [6, 6.07) is 5.22. The van der Waals surface area contributed by atoms with Gasteiger partial charge in [0.25, 0.3) is 5.89 Å². The number of hydrogen-bond acceptors (Lipinski definition) is 5. The molecular formula is C13H16ClN3OS. The van der Waals surface area contributed by atoms with Crippen molar-refractivity contribution >= 4 is 29.1 Å². The molecule has 0 bridgehead atoms. The van der Waals surface area contributed by atoms with Gasteiger partial charge in [0.15, 0.2) is 5.82 Å². The Kier molecular flexibility index (Phi) is 4.71. The van der Waals surface area contributed by atoms with Crippen LogP contribution in [0.15, 0.2) is 22.7 Å². The number of nitrogens with two attached hydrogens (primary N) is 1. The molecule has 0 aliphatic carbocycles. The molecule has 19 heavy (non-hydrogen) atoms. The van der Waals surface area contributed by atoms with Crippen molar-refractivity contribution in [2.24, 2.45) is 5.92 Å². The van der Waals surface area contributed by atoms with Gasteiger partial charge in [-0.25, -0.2) is 0 Å². The largest absolute Gasteiger partial charge is 0.398 e. The van der Waals surface area contributed by atoms with Crippen LogP contribution < -0.4 is 5.73 Å². The van der Waals surface area contributed by atoms with Crippen LogP contribution in [0.4, 0.5) is 5.69 Å². The molecule has 0 radical (unpaired) electrons. The Balaban J connectivity index is 2.08. The van der Waals surface area contributed by atoms with E-state index in [1.807, 2.05) is 0 Å². The Morgan fingerprint density at radius 3 is 2.89 bits per heavy atom. The quantitative estimate of drug-likeness (QED) is 0.849. The topological polar surface area (TPSA) is 64.9 Å². The summed E-state index contributed by atoms with van der Waals surface area (Å²) < 4.78 is 5.23. The van der Waals surface area contributed by atoms with Gasteiger partial charge in [-0.15, -0.1) is 0 Å². The van der Waals surface area contributed by atoms with Crippen LogP contribution in [0.25, 0.3) is 11.5 Å². The lowest BCUT2D eigenvalue weighted by atomic mass is 10.2. The SMILES string of the molecule is CC(C)CSCc1noc(-c2ccc(Cl)cc2N)n1. The molecule has 0 atom stereocenters. The summed E-state index contributed by atoms with van der Waals surface area (Å²) >= 11 is 7.65. The van der Waals surface area contributed by atoms with Gasteiger partial charge in [0, 0.05) is 10.7 Å². The van der Waals surface area contributed by atoms with Gasteiger partial charge in [0.2, 0.25) is 0 Å². The third-order valence-corrected chi connectivity index (χ3v) is 3.99. The molecule has 0 aliphatic rings. The maximum Gasteiger partial charge on any atom is 0.260 e. The van der Waals surface area contributed by atoms with E-state index in [2.05, 4.69) is 24.0 Å². The number of anilines is 1. The van der Waals surface area contributed by atoms with Crippen molar-refractivity contribution in [2.45, 2.75) is 19.6 Å². The van der Waals surface area contributed by atoms with E-state index in [0.717, 1.165) is 17.1 Å². The average Bonchev–Trinajstić information content (AvgIpc) is 2.77. The van der Waals surface area contributed by atoms with Crippen LogP contribution in [0.1, 0.15) is 19.7 Å². The minimum atomic E-state index is 0.439. The van der Waals surface area contributed by atoms with E-state index in [0.29, 0.717) is 28.3 Å². The van der Waals surface area contributed by atoms with Crippen LogP contribution in [0.5, 0.6) is 0 Å². The molecule has 0 fully saturated rings. The third kappa shape index (κ3) is 3.88. The number of aromatic nitrogens is 2. The van der Waals surface area contributed by atoms with Crippen LogP contribution in [0.3, 0.4) is 0 Å². The van der Waals surface area contributed by atoms with Crippen LogP contribution in [0.2, 0.25) is 5.02 Å². The lowest BCUT2D eigenvalue weighted by molar-refractivity contribution is 0.425. The van der Waals surface area contributed by atoms with Gasteiger partial charge in [-0.05, 0) is 29.9 Å². The highest BCUT2D eigenvalue weighted by molar-refractivity contribution is 7.98. The van der Waals surface area contributed by atoms with Crippen molar-refractivity contribution in [2.75, 3.05) is 11.5 Å². The average molecular weight is 298 g/mol. The lowest BCUT2D eigenvalue weighted by Gasteiger charge is -2.01. The van der Waals surface area contributed by atoms with Crippen LogP contribution in [-0.2, 0) is 5.75 Å². The first kappa shape index (κ1) is 14.2. The summed E-state index contributed by atoms with van der Waals surface area (Å²) in [4.78, 5) is 4.35. The van der Waals surface area contributed by atoms with E-state index in [1.165, 1.54) is 0 Å². The number of nitrogen functional groups attached to an aromatic ring is 1. The van der Waals surface area contributed by atoms with E-state index in [-0.39, 0.29) is 0 Å². The van der Waals surface area contributed by atoms with E-state index in [9.17, 15) is 0 Å². The van der Waals surface area contributed by atoms with Crippen LogP contribution in [-0.4, -0.2) is 15.9 Å². The summed E-state index contributed by atoms with van der Waals surface area (Å²) in [5.74, 6) is 3.61. The molecule has 2 N–H and O–H groups in total. The molecule has 1 aromatic carbocycles. The number of nitrogens with zero attached hydrogens (tertiary/aromatic N) is 2. The van der Waals surface area contributed by atoms with E-state index in [4.69, 9.17) is 21.9 Å². The van der Waals surface area contributed by atoms with E-state index < -0.39 is 0 Å². The smallest absolute Gasteiger partial charge is 0.260 e. The Morgan fingerprint density at radius 2 is 2.21 bits per heavy atom. The second kappa shape index (κ2) is 6.30. The standard InChI is InChI=1S/C13H16ClN3OS/c1-8(2)6-19-7-12-16-13(18-17-12)10-4-3-9(14)5-11(10)15/h3-5,8H,6-7,15H2,1-2H3. The highest BCUT2D eigenvalue weighted by atomic mass is 35.5. The van der Waals surface area contributed by atoms with Crippen LogP contribution in [0, 0.1) is 5.92 Å². The molecule has 2 rings (SSSR count). The predicted molar refractivity (Wildman–Crippen MR) is 80.2 cm³/mol. The first-order valence-corrected chi connectivity index (χ1v) is 7.55. The molecule has 0 saturated heterocycles. The second-order valence-electron chi connectivity index (χ2n) is 4.66. The molecule has 2 aromatic rings. The van der Waals surface area contributed by atoms with Crippen molar-refractivity contribution in [1.29, 1.82) is 0 Å². The highest BCUT2D eigenvalue weighted by Crippen LogP contribution is 2.27. The second-order valence-corrected chi connectivity index (χ2v) is 6.12. The molecule has 0 spiro atoms. The number of thioether (sulfide) groups is 1. The van der Waals surface area contributed by atoms with Gasteiger partial charge < -0.3 is 10.3 Å². The van der Waals surface area contributed by atoms with Gasteiger partial charge in [-0.3, -0.25) is 0 Å². The summed E-state index contributed by atoms with van der Waals surface area (Å²) in [6.45, 7) is 4.37. The molecule has 0 amide bonds. The summed E-state index contributed by atoms with van der Waals surface area (Å²) in [5.41, 5.74) is 7.14. The Morgan fingerprint density at radius 1 is 1.42 bits per heavy atom. The van der Waals surface area contributed by atoms with E-state index >= 15 is 0 Å². The van der Waals surface area contributed by atoms with Gasteiger partial charge in [-0.2, -0.15) is 16.7 Å². The summed E-state index contributed by atoms with van der Waals surface area (Å²) in [5, 5.41) is 4.55. The maximum atomic E-state index is 5.89. The first-order valence-electron chi connectivity index (χ1n) is 6.02. The number of benzene rings is 1. The van der Waals surface area contributed by atoms with Gasteiger partial charge in [0.1, 0.15) is 0 Å². The van der Waals surface area contributed by atoms with Gasteiger partial charge >= 0.3 is 0 Å². The van der Waals surface area contributed by atoms with Gasteiger partial charge in [0.05, 0.1) is 11.3 Å². The Hall–Kier alpha value is -1.20. The molecule has 0 aliphatic heterocycles. The Bertz CT molecular complexity index is 557. The van der Waals surface area contributed by atoms with Crippen LogP contribution >= 0.6 is 23.4 Å². The zero-order valence-electron chi connectivity index (χ0n) is 10.9. The molecule has 1 heterocycles. The number of halogens is 1. The van der Waals surface area contributed by atoms with E-state index in [1.54, 1.807) is 30.0 Å². The first-order chi connectivity index (χ1) is 9.06. The minimum absolute atomic E-state index is 0.439. The Labute approximate surface area is 121 Å². The van der Waals surface area contributed by atoms with Crippen molar-refractivity contribution in [1.82, 2.24) is 10.1 Å². The molecule has 4 nitrogen and oxygen atoms in total. The zero-order valence-corrected chi connectivity index (χ0v) is 12.5. The van der Waals surface area contributed by atoms with Crippen molar-refractivity contribution < 1.29 is 4.52 Å². The molecule has 102 valence electrons. The molecule has 0 saturated carbocycles. The minimum Gasteiger partial charge on any atom is -0.398 e. The molecular weight excluding hydrogens is 282 g/mol. The van der Waals surface area contributed by atoms with Crippen molar-refractivity contribution in [3.05, 3.63) is 29.0 Å². The monoisotopic (exact) mass is 297 g/mol. The summed E-state index contributed by atoms with van der Waals surface area (Å²) in [7, 11) is 0. The maximum absolute atomic E-state index is 5.89. The summed E-state index contributed by atoms with van der Waals surface area (Å²) in [6.07, 6.45) is 0. The van der Waals surface area contributed by atoms with Crippen molar-refractivity contribution in [3.63, 3.8) is 0 Å².